The fourth-order valence-corrected chi connectivity index (χ4v) is 10.7. The van der Waals surface area contributed by atoms with Crippen molar-refractivity contribution in [1.29, 1.82) is 0 Å². The second kappa shape index (κ2) is 3.00. The van der Waals surface area contributed by atoms with Crippen molar-refractivity contribution in [3.63, 3.8) is 0 Å². The Labute approximate surface area is 63.9 Å². The summed E-state index contributed by atoms with van der Waals surface area (Å²) in [5, 5.41) is 8.42. The Hall–Kier alpha value is 0.670. The molecule has 0 aromatic heterocycles. The van der Waals surface area contributed by atoms with Gasteiger partial charge >= 0.3 is 64.4 Å². The van der Waals surface area contributed by atoms with Crippen molar-refractivity contribution in [2.45, 2.75) is 3.92 Å². The van der Waals surface area contributed by atoms with Crippen LogP contribution in [0, 0.1) is 0 Å². The summed E-state index contributed by atoms with van der Waals surface area (Å²) in [7, 11) is 0. The molecule has 0 saturated heterocycles. The van der Waals surface area contributed by atoms with Crippen LogP contribution in [0.25, 0.3) is 0 Å². The molecule has 1 N–H and O–H groups in total. The van der Waals surface area contributed by atoms with Crippen molar-refractivity contribution >= 4 is 40.4 Å². The molecule has 8 heavy (non-hydrogen) atoms. The van der Waals surface area contributed by atoms with Crippen molar-refractivity contribution in [2.24, 2.45) is 0 Å². The van der Waals surface area contributed by atoms with E-state index in [-0.39, 0.29) is 38.4 Å². The van der Waals surface area contributed by atoms with Gasteiger partial charge in [-0.1, -0.05) is 0 Å². The molecule has 1 aliphatic rings. The number of carboxylic acid groups (broad SMARTS) is 1. The molecule has 1 rings (SSSR count). The average molecular weight is 340 g/mol. The monoisotopic (exact) mass is 340 g/mol. The Morgan fingerprint density at radius 1 is 1.75 bits per heavy atom. The van der Waals surface area contributed by atoms with Crippen LogP contribution in [-0.2, 0) is 4.79 Å². The van der Waals surface area contributed by atoms with Crippen molar-refractivity contribution in [3.05, 3.63) is 10.2 Å². The van der Waals surface area contributed by atoms with Crippen molar-refractivity contribution in [2.75, 3.05) is 0 Å². The first-order valence-electron chi connectivity index (χ1n) is 2.02. The molecule has 1 unspecified atom stereocenters. The van der Waals surface area contributed by atoms with E-state index >= 15 is 0 Å². The van der Waals surface area contributed by atoms with Crippen LogP contribution in [0.2, 0.25) is 0 Å². The first-order chi connectivity index (χ1) is 3.80. The number of halogens is 2. The standard InChI is InChI=1S/C4H6I2O2/c7-4(8)3-1-2-5-6-3/h1-3,5-6H,(H,7,8). The summed E-state index contributed by atoms with van der Waals surface area (Å²) >= 11 is -0.0134. The average Bonchev–Trinajstić information content (AvgIpc) is 2.12. The summed E-state index contributed by atoms with van der Waals surface area (Å²) in [4.78, 5) is 10.2. The van der Waals surface area contributed by atoms with Crippen LogP contribution < -0.4 is 0 Å². The molecule has 0 aromatic rings. The Morgan fingerprint density at radius 2 is 2.50 bits per heavy atom. The molecule has 0 amide bonds. The zero-order chi connectivity index (χ0) is 5.98. The zero-order valence-corrected chi connectivity index (χ0v) is 8.56. The molecule has 0 radical (unpaired) electrons. The first-order valence-corrected chi connectivity index (χ1v) is 12.0. The summed E-state index contributed by atoms with van der Waals surface area (Å²) in [6.45, 7) is 0. The Morgan fingerprint density at radius 3 is 2.75 bits per heavy atom. The molecular weight excluding hydrogens is 334 g/mol. The first kappa shape index (κ1) is 6.79. The molecular formula is C4H6I2O2. The second-order valence-corrected chi connectivity index (χ2v) is 12.0. The Balaban J connectivity index is 2.48. The summed E-state index contributed by atoms with van der Waals surface area (Å²) in [5.41, 5.74) is 0. The molecule has 0 saturated carbocycles. The molecule has 0 aliphatic carbocycles. The van der Waals surface area contributed by atoms with Gasteiger partial charge in [-0.15, -0.1) is 0 Å². The van der Waals surface area contributed by atoms with Gasteiger partial charge < -0.3 is 0 Å². The van der Waals surface area contributed by atoms with Gasteiger partial charge in [-0.3, -0.25) is 0 Å². The predicted molar refractivity (Wildman–Crippen MR) is 51.4 cm³/mol. The van der Waals surface area contributed by atoms with Gasteiger partial charge in [-0.2, -0.15) is 0 Å². The SMILES string of the molecule is O=C(O)C1C=C[IH][IH]1. The number of rotatable bonds is 1. The third-order valence-electron chi connectivity index (χ3n) is 0.712. The fourth-order valence-electron chi connectivity index (χ4n) is 0.351. The van der Waals surface area contributed by atoms with Gasteiger partial charge in [0.1, 0.15) is 0 Å². The molecule has 48 valence electrons. The number of carbonyl (C=O) groups is 1. The minimum absolute atomic E-state index is 0.0113. The maximum atomic E-state index is 10.2. The van der Waals surface area contributed by atoms with Gasteiger partial charge in [0.2, 0.25) is 0 Å². The molecule has 1 heterocycles. The summed E-state index contributed by atoms with van der Waals surface area (Å²) in [6, 6.07) is 0. The number of aliphatic carboxylic acids is 1. The molecule has 0 fully saturated rings. The van der Waals surface area contributed by atoms with E-state index in [0.717, 1.165) is 0 Å². The van der Waals surface area contributed by atoms with Gasteiger partial charge in [0.25, 0.3) is 0 Å². The third-order valence-corrected chi connectivity index (χ3v) is 11.6. The van der Waals surface area contributed by atoms with E-state index in [1.807, 2.05) is 6.08 Å². The van der Waals surface area contributed by atoms with Gasteiger partial charge in [0, 0.05) is 0 Å². The van der Waals surface area contributed by atoms with E-state index in [4.69, 9.17) is 5.11 Å². The van der Waals surface area contributed by atoms with E-state index < -0.39 is 5.97 Å². The fraction of sp³-hybridized carbons (Fsp3) is 0.250. The van der Waals surface area contributed by atoms with E-state index in [9.17, 15) is 4.79 Å². The Bertz CT molecular complexity index is 132. The van der Waals surface area contributed by atoms with Crippen LogP contribution in [0.4, 0.5) is 0 Å². The van der Waals surface area contributed by atoms with Gasteiger partial charge in [0.15, 0.2) is 0 Å². The number of alkyl halides is 1. The quantitative estimate of drug-likeness (QED) is 0.577. The van der Waals surface area contributed by atoms with Gasteiger partial charge in [0.05, 0.1) is 0 Å². The van der Waals surface area contributed by atoms with Crippen molar-refractivity contribution in [1.82, 2.24) is 0 Å². The molecule has 0 spiro atoms. The molecule has 1 aliphatic heterocycles. The van der Waals surface area contributed by atoms with Crippen LogP contribution in [0.15, 0.2) is 10.2 Å². The summed E-state index contributed by atoms with van der Waals surface area (Å²) in [6.07, 6.45) is 1.87. The van der Waals surface area contributed by atoms with Crippen LogP contribution >= 0.6 is 34.5 Å². The Kier molecular flexibility index (Phi) is 2.54. The number of hydrogen-bond acceptors (Lipinski definition) is 1. The van der Waals surface area contributed by atoms with Crippen LogP contribution in [-0.4, -0.2) is 15.0 Å². The van der Waals surface area contributed by atoms with Crippen molar-refractivity contribution in [3.8, 4) is 0 Å². The molecule has 0 aromatic carbocycles. The topological polar surface area (TPSA) is 37.3 Å². The molecule has 4 heteroatoms. The second-order valence-electron chi connectivity index (χ2n) is 1.28. The maximum absolute atomic E-state index is 10.2. The van der Waals surface area contributed by atoms with E-state index in [1.54, 1.807) is 0 Å². The normalized spacial score (nSPS) is 28.2. The van der Waals surface area contributed by atoms with Crippen LogP contribution in [0.5, 0.6) is 0 Å². The third kappa shape index (κ3) is 1.57. The van der Waals surface area contributed by atoms with Crippen LogP contribution in [0.3, 0.4) is 0 Å². The molecule has 0 bridgehead atoms. The van der Waals surface area contributed by atoms with E-state index in [1.165, 1.54) is 0 Å². The van der Waals surface area contributed by atoms with Crippen LogP contribution in [0.1, 0.15) is 0 Å². The van der Waals surface area contributed by atoms with Gasteiger partial charge in [-0.25, -0.2) is 0 Å². The number of carboxylic acids is 1. The predicted octanol–water partition coefficient (Wildman–Crippen LogP) is 1.29. The van der Waals surface area contributed by atoms with Crippen molar-refractivity contribution < 1.29 is 9.90 Å². The zero-order valence-electron chi connectivity index (χ0n) is 3.90. The van der Waals surface area contributed by atoms with E-state index in [0.29, 0.717) is 0 Å². The number of hydrogen-bond donors (Lipinski definition) is 1. The summed E-state index contributed by atoms with van der Waals surface area (Å²) < 4.78 is 2.09. The molecule has 1 atom stereocenters. The van der Waals surface area contributed by atoms with E-state index in [2.05, 4.69) is 4.08 Å². The summed E-state index contributed by atoms with van der Waals surface area (Å²) in [5.74, 6) is -0.605. The van der Waals surface area contributed by atoms with Gasteiger partial charge in [-0.05, 0) is 0 Å². The minimum atomic E-state index is -0.605. The molecule has 2 nitrogen and oxygen atoms in total.